The fraction of sp³-hybridized carbons (Fsp3) is 0.259. The molecule has 0 radical (unpaired) electrons. The number of halogens is 1. The van der Waals surface area contributed by atoms with Crippen LogP contribution < -0.4 is 4.90 Å². The first-order valence-corrected chi connectivity index (χ1v) is 12.6. The van der Waals surface area contributed by atoms with Gasteiger partial charge < -0.3 is 14.8 Å². The summed E-state index contributed by atoms with van der Waals surface area (Å²) >= 11 is 6.77. The van der Waals surface area contributed by atoms with Crippen molar-refractivity contribution in [2.45, 2.75) is 19.3 Å². The Labute approximate surface area is 218 Å². The number of anilines is 1. The highest BCUT2D eigenvalue weighted by molar-refractivity contribution is 6.36. The molecule has 5 aromatic rings. The van der Waals surface area contributed by atoms with Crippen LogP contribution in [-0.4, -0.2) is 66.9 Å². The standard InChI is InChI=1S/C27H25ClN8O/c1-17(12-22-24-26(33-15-31-22)34-16-32-24)20-13-21(28)19-5-3-7-30-23(19)25(20)35-8-10-36(11-9-35)27(37)18-4-2-6-29-14-18/h2-7,13-17H,8-12H2,1H3,(H,31,32,33,34). The fourth-order valence-corrected chi connectivity index (χ4v) is 5.36. The van der Waals surface area contributed by atoms with Crippen molar-refractivity contribution in [2.24, 2.45) is 0 Å². The summed E-state index contributed by atoms with van der Waals surface area (Å²) in [6.07, 6.45) is 8.98. The Kier molecular flexibility index (Phi) is 6.13. The lowest BCUT2D eigenvalue weighted by molar-refractivity contribution is 0.0746. The first-order chi connectivity index (χ1) is 18.1. The smallest absolute Gasteiger partial charge is 0.255 e. The van der Waals surface area contributed by atoms with E-state index < -0.39 is 0 Å². The first-order valence-electron chi connectivity index (χ1n) is 12.2. The van der Waals surface area contributed by atoms with Crippen molar-refractivity contribution in [2.75, 3.05) is 31.1 Å². The molecule has 1 fully saturated rings. The van der Waals surface area contributed by atoms with Crippen LogP contribution in [0.4, 0.5) is 5.69 Å². The third-order valence-electron chi connectivity index (χ3n) is 6.97. The van der Waals surface area contributed by atoms with Crippen LogP contribution in [0.15, 0.2) is 61.6 Å². The van der Waals surface area contributed by atoms with Gasteiger partial charge in [0.05, 0.1) is 33.8 Å². The highest BCUT2D eigenvalue weighted by Gasteiger charge is 2.27. The molecule has 0 bridgehead atoms. The highest BCUT2D eigenvalue weighted by Crippen LogP contribution is 2.40. The second kappa shape index (κ2) is 9.74. The molecule has 4 aromatic heterocycles. The van der Waals surface area contributed by atoms with E-state index in [0.717, 1.165) is 33.4 Å². The van der Waals surface area contributed by atoms with Crippen LogP contribution >= 0.6 is 11.6 Å². The van der Waals surface area contributed by atoms with Crippen LogP contribution in [0.25, 0.3) is 22.1 Å². The van der Waals surface area contributed by atoms with Crippen LogP contribution in [0.2, 0.25) is 5.02 Å². The van der Waals surface area contributed by atoms with E-state index in [-0.39, 0.29) is 11.8 Å². The fourth-order valence-electron chi connectivity index (χ4n) is 5.09. The summed E-state index contributed by atoms with van der Waals surface area (Å²) in [6.45, 7) is 4.78. The number of pyridine rings is 2. The number of carbonyl (C=O) groups is 1. The Morgan fingerprint density at radius 3 is 2.73 bits per heavy atom. The second-order valence-electron chi connectivity index (χ2n) is 9.24. The zero-order chi connectivity index (χ0) is 25.4. The minimum Gasteiger partial charge on any atom is -0.366 e. The number of rotatable bonds is 5. The largest absolute Gasteiger partial charge is 0.366 e. The average molecular weight is 513 g/mol. The maximum absolute atomic E-state index is 13.0. The molecule has 0 saturated carbocycles. The van der Waals surface area contributed by atoms with Crippen LogP contribution in [0.1, 0.15) is 34.5 Å². The Morgan fingerprint density at radius 1 is 1.08 bits per heavy atom. The van der Waals surface area contributed by atoms with E-state index in [4.69, 9.17) is 16.6 Å². The van der Waals surface area contributed by atoms with E-state index in [1.54, 1.807) is 37.3 Å². The Morgan fingerprint density at radius 2 is 1.92 bits per heavy atom. The third-order valence-corrected chi connectivity index (χ3v) is 7.28. The lowest BCUT2D eigenvalue weighted by Crippen LogP contribution is -2.49. The van der Waals surface area contributed by atoms with Crippen LogP contribution in [0, 0.1) is 0 Å². The zero-order valence-electron chi connectivity index (χ0n) is 20.3. The zero-order valence-corrected chi connectivity index (χ0v) is 21.1. The van der Waals surface area contributed by atoms with Gasteiger partial charge >= 0.3 is 0 Å². The van der Waals surface area contributed by atoms with E-state index in [1.165, 1.54) is 0 Å². The van der Waals surface area contributed by atoms with E-state index in [0.29, 0.717) is 48.8 Å². The topological polar surface area (TPSA) is 104 Å². The Hall–Kier alpha value is -4.11. The molecule has 1 aliphatic heterocycles. The van der Waals surface area contributed by atoms with Gasteiger partial charge in [0.2, 0.25) is 0 Å². The van der Waals surface area contributed by atoms with Crippen molar-refractivity contribution >= 4 is 45.3 Å². The molecule has 1 saturated heterocycles. The summed E-state index contributed by atoms with van der Waals surface area (Å²) in [5, 5.41) is 1.59. The predicted molar refractivity (Wildman–Crippen MR) is 143 cm³/mol. The highest BCUT2D eigenvalue weighted by atomic mass is 35.5. The molecule has 1 amide bonds. The van der Waals surface area contributed by atoms with Gasteiger partial charge in [-0.1, -0.05) is 18.5 Å². The molecular formula is C27H25ClN8O. The van der Waals surface area contributed by atoms with Gasteiger partial charge in [0.25, 0.3) is 5.91 Å². The number of hydrogen-bond acceptors (Lipinski definition) is 7. The quantitative estimate of drug-likeness (QED) is 0.375. The van der Waals surface area contributed by atoms with Crippen molar-refractivity contribution < 1.29 is 4.79 Å². The molecule has 37 heavy (non-hydrogen) atoms. The number of H-pyrrole nitrogens is 1. The number of hydrogen-bond donors (Lipinski definition) is 1. The van der Waals surface area contributed by atoms with Crippen LogP contribution in [-0.2, 0) is 6.42 Å². The van der Waals surface area contributed by atoms with Crippen molar-refractivity contribution in [3.63, 3.8) is 0 Å². The number of fused-ring (bicyclic) bond motifs is 2. The summed E-state index contributed by atoms with van der Waals surface area (Å²) in [6, 6.07) is 9.56. The molecule has 1 aromatic carbocycles. The molecule has 1 N–H and O–H groups in total. The number of piperazine rings is 1. The summed E-state index contributed by atoms with van der Waals surface area (Å²) in [5.74, 6) is 0.100. The second-order valence-corrected chi connectivity index (χ2v) is 9.65. The van der Waals surface area contributed by atoms with E-state index in [2.05, 4.69) is 42.8 Å². The van der Waals surface area contributed by atoms with Crippen LogP contribution in [0.3, 0.4) is 0 Å². The first kappa shape index (κ1) is 23.3. The monoisotopic (exact) mass is 512 g/mol. The lowest BCUT2D eigenvalue weighted by Gasteiger charge is -2.38. The molecule has 1 unspecified atom stereocenters. The summed E-state index contributed by atoms with van der Waals surface area (Å²) in [5.41, 5.74) is 6.07. The lowest BCUT2D eigenvalue weighted by atomic mass is 9.92. The number of amides is 1. The summed E-state index contributed by atoms with van der Waals surface area (Å²) in [7, 11) is 0. The van der Waals surface area contributed by atoms with Crippen molar-refractivity contribution in [1.82, 2.24) is 34.8 Å². The molecule has 6 rings (SSSR count). The van der Waals surface area contributed by atoms with Gasteiger partial charge in [0.15, 0.2) is 5.65 Å². The average Bonchev–Trinajstić information content (AvgIpc) is 3.43. The van der Waals surface area contributed by atoms with Gasteiger partial charge in [-0.05, 0) is 48.2 Å². The number of nitrogens with one attached hydrogen (secondary N) is 1. The number of aromatic nitrogens is 6. The van der Waals surface area contributed by atoms with Gasteiger partial charge in [0, 0.05) is 50.2 Å². The number of aromatic amines is 1. The molecular weight excluding hydrogens is 488 g/mol. The SMILES string of the molecule is CC(Cc1ncnc2nc[nH]c12)c1cc(Cl)c2cccnc2c1N1CCN(C(=O)c2cccnc2)CC1. The Balaban J connectivity index is 1.33. The minimum atomic E-state index is 0.00719. The molecule has 0 aliphatic carbocycles. The molecule has 5 heterocycles. The van der Waals surface area contributed by atoms with Gasteiger partial charge in [-0.2, -0.15) is 0 Å². The van der Waals surface area contributed by atoms with E-state index in [9.17, 15) is 4.79 Å². The van der Waals surface area contributed by atoms with Gasteiger partial charge in [-0.25, -0.2) is 15.0 Å². The summed E-state index contributed by atoms with van der Waals surface area (Å²) < 4.78 is 0. The van der Waals surface area contributed by atoms with Crippen molar-refractivity contribution in [3.8, 4) is 0 Å². The minimum absolute atomic E-state index is 0.00719. The molecule has 0 spiro atoms. The van der Waals surface area contributed by atoms with Gasteiger partial charge in [-0.15, -0.1) is 0 Å². The molecule has 9 nitrogen and oxygen atoms in total. The van der Waals surface area contributed by atoms with Crippen LogP contribution in [0.5, 0.6) is 0 Å². The maximum Gasteiger partial charge on any atom is 0.255 e. The maximum atomic E-state index is 13.0. The third kappa shape index (κ3) is 4.35. The number of nitrogens with zero attached hydrogens (tertiary/aromatic N) is 7. The van der Waals surface area contributed by atoms with Gasteiger partial charge in [-0.3, -0.25) is 14.8 Å². The van der Waals surface area contributed by atoms with Crippen molar-refractivity contribution in [3.05, 3.63) is 83.4 Å². The van der Waals surface area contributed by atoms with E-state index >= 15 is 0 Å². The van der Waals surface area contributed by atoms with Crippen molar-refractivity contribution in [1.29, 1.82) is 0 Å². The molecule has 10 heteroatoms. The summed E-state index contributed by atoms with van der Waals surface area (Å²) in [4.78, 5) is 42.3. The molecule has 186 valence electrons. The number of carbonyl (C=O) groups excluding carboxylic acids is 1. The predicted octanol–water partition coefficient (Wildman–Crippen LogP) is 4.26. The molecule has 1 atom stereocenters. The molecule has 1 aliphatic rings. The number of imidazole rings is 1. The Bertz CT molecular complexity index is 1580. The van der Waals surface area contributed by atoms with E-state index in [1.807, 2.05) is 23.1 Å². The van der Waals surface area contributed by atoms with Gasteiger partial charge in [0.1, 0.15) is 11.8 Å². The number of benzene rings is 1. The normalized spacial score (nSPS) is 14.9.